The molecular weight excluding hydrogens is 180 g/mol. The number of thiophene rings is 1. The summed E-state index contributed by atoms with van der Waals surface area (Å²) in [4.78, 5) is 12.6. The molecule has 0 unspecified atom stereocenters. The van der Waals surface area contributed by atoms with E-state index in [2.05, 4.69) is 0 Å². The fourth-order valence-corrected chi connectivity index (χ4v) is 3.40. The summed E-state index contributed by atoms with van der Waals surface area (Å²) in [5, 5.41) is 0.720. The third kappa shape index (κ3) is 1.28. The van der Waals surface area contributed by atoms with Crippen LogP contribution in [0, 0.1) is 0 Å². The number of fused-ring (bicyclic) bond motifs is 1. The summed E-state index contributed by atoms with van der Waals surface area (Å²) >= 11 is 3.40. The molecule has 2 nitrogen and oxygen atoms in total. The number of ether oxygens (including phenoxy) is 1. The molecule has 0 N–H and O–H groups in total. The van der Waals surface area contributed by atoms with Gasteiger partial charge in [0.15, 0.2) is 5.06 Å². The maximum absolute atomic E-state index is 9.98. The second kappa shape index (κ2) is 2.87. The highest BCUT2D eigenvalue weighted by atomic mass is 32.2. The molecule has 58 valence electrons. The fourth-order valence-electron chi connectivity index (χ4n) is 1.04. The second-order valence-electron chi connectivity index (χ2n) is 2.17. The summed E-state index contributed by atoms with van der Waals surface area (Å²) in [6.45, 7) is 0.478. The summed E-state index contributed by atoms with van der Waals surface area (Å²) in [5.74, 6) is 1.17. The number of rotatable bonds is 2. The average molecular weight is 186 g/mol. The molecule has 0 fully saturated rings. The van der Waals surface area contributed by atoms with E-state index in [1.54, 1.807) is 11.3 Å². The number of carbonyl (C=O) groups is 1. The van der Waals surface area contributed by atoms with Gasteiger partial charge in [0, 0.05) is 21.6 Å². The van der Waals surface area contributed by atoms with Gasteiger partial charge in [0.05, 0.1) is 0 Å². The maximum atomic E-state index is 9.98. The molecule has 1 aromatic heterocycles. The molecule has 2 heterocycles. The van der Waals surface area contributed by atoms with Gasteiger partial charge in [0.2, 0.25) is 0 Å². The van der Waals surface area contributed by atoms with E-state index in [1.807, 2.05) is 17.8 Å². The van der Waals surface area contributed by atoms with E-state index < -0.39 is 0 Å². The van der Waals surface area contributed by atoms with Crippen molar-refractivity contribution in [3.63, 3.8) is 0 Å². The molecule has 4 heteroatoms. The van der Waals surface area contributed by atoms with Crippen molar-refractivity contribution in [3.05, 3.63) is 10.9 Å². The minimum absolute atomic E-state index is 0.478. The third-order valence-corrected chi connectivity index (χ3v) is 3.80. The molecule has 0 saturated heterocycles. The largest absolute Gasteiger partial charge is 0.418 e. The lowest BCUT2D eigenvalue weighted by Crippen LogP contribution is -1.83. The van der Waals surface area contributed by atoms with Crippen molar-refractivity contribution in [3.8, 4) is 5.06 Å². The molecule has 1 aromatic rings. The fraction of sp³-hybridized carbons (Fsp3) is 0.286. The van der Waals surface area contributed by atoms with Crippen LogP contribution in [0.4, 0.5) is 0 Å². The van der Waals surface area contributed by atoms with Crippen molar-refractivity contribution in [2.45, 2.75) is 11.3 Å². The van der Waals surface area contributed by atoms with E-state index in [9.17, 15) is 4.79 Å². The average Bonchev–Trinajstić information content (AvgIpc) is 2.46. The summed E-state index contributed by atoms with van der Waals surface area (Å²) < 4.78 is 4.73. The molecule has 2 rings (SSSR count). The molecule has 0 spiro atoms. The van der Waals surface area contributed by atoms with Crippen LogP contribution >= 0.6 is 23.1 Å². The summed E-state index contributed by atoms with van der Waals surface area (Å²) in [6.07, 6.45) is 1.12. The van der Waals surface area contributed by atoms with Crippen LogP contribution in [0.15, 0.2) is 11.0 Å². The van der Waals surface area contributed by atoms with Crippen LogP contribution in [-0.2, 0) is 11.2 Å². The van der Waals surface area contributed by atoms with Crippen molar-refractivity contribution >= 4 is 29.6 Å². The Morgan fingerprint density at radius 1 is 1.64 bits per heavy atom. The molecule has 0 saturated carbocycles. The first kappa shape index (κ1) is 7.18. The molecule has 1 aliphatic heterocycles. The first-order valence-electron chi connectivity index (χ1n) is 3.26. The SMILES string of the molecule is O=COc1cc2c(s1)CCS2. The highest BCUT2D eigenvalue weighted by Gasteiger charge is 2.15. The van der Waals surface area contributed by atoms with E-state index in [0.29, 0.717) is 6.47 Å². The van der Waals surface area contributed by atoms with Crippen LogP contribution in [0.3, 0.4) is 0 Å². The zero-order valence-electron chi connectivity index (χ0n) is 5.70. The highest BCUT2D eigenvalue weighted by molar-refractivity contribution is 7.99. The molecule has 1 aliphatic rings. The Hall–Kier alpha value is -0.480. The van der Waals surface area contributed by atoms with Gasteiger partial charge in [-0.25, -0.2) is 0 Å². The van der Waals surface area contributed by atoms with Crippen molar-refractivity contribution in [2.24, 2.45) is 0 Å². The number of hydrogen-bond donors (Lipinski definition) is 0. The van der Waals surface area contributed by atoms with Crippen LogP contribution in [-0.4, -0.2) is 12.2 Å². The van der Waals surface area contributed by atoms with Gasteiger partial charge in [-0.15, -0.1) is 23.1 Å². The standard InChI is InChI=1S/C7H6O2S2/c8-4-9-7-3-6-5(11-7)1-2-10-6/h3-4H,1-2H2. The Balaban J connectivity index is 2.27. The summed E-state index contributed by atoms with van der Waals surface area (Å²) in [5.41, 5.74) is 0. The van der Waals surface area contributed by atoms with Gasteiger partial charge in [-0.05, 0) is 6.42 Å². The second-order valence-corrected chi connectivity index (χ2v) is 4.40. The van der Waals surface area contributed by atoms with Gasteiger partial charge in [-0.1, -0.05) is 0 Å². The minimum Gasteiger partial charge on any atom is -0.418 e. The Kier molecular flexibility index (Phi) is 1.87. The normalized spacial score (nSPS) is 14.5. The first-order valence-corrected chi connectivity index (χ1v) is 5.06. The molecule has 0 bridgehead atoms. The first-order chi connectivity index (χ1) is 5.40. The quantitative estimate of drug-likeness (QED) is 0.660. The van der Waals surface area contributed by atoms with E-state index in [1.165, 1.54) is 15.5 Å². The van der Waals surface area contributed by atoms with Crippen molar-refractivity contribution in [2.75, 3.05) is 5.75 Å². The lowest BCUT2D eigenvalue weighted by Gasteiger charge is -1.88. The van der Waals surface area contributed by atoms with Crippen LogP contribution in [0.5, 0.6) is 5.06 Å². The Morgan fingerprint density at radius 2 is 2.55 bits per heavy atom. The van der Waals surface area contributed by atoms with Crippen LogP contribution in [0.2, 0.25) is 0 Å². The van der Waals surface area contributed by atoms with Crippen molar-refractivity contribution < 1.29 is 9.53 Å². The van der Waals surface area contributed by atoms with Gasteiger partial charge in [0.1, 0.15) is 0 Å². The zero-order valence-corrected chi connectivity index (χ0v) is 7.33. The number of hydrogen-bond acceptors (Lipinski definition) is 4. The van der Waals surface area contributed by atoms with Crippen LogP contribution in [0.1, 0.15) is 4.88 Å². The Bertz CT molecular complexity index is 258. The highest BCUT2D eigenvalue weighted by Crippen LogP contribution is 2.40. The molecule has 0 amide bonds. The monoisotopic (exact) mass is 186 g/mol. The molecular formula is C7H6O2S2. The minimum atomic E-state index is 0.478. The number of thioether (sulfide) groups is 1. The molecule has 0 atom stereocenters. The predicted molar refractivity (Wildman–Crippen MR) is 45.4 cm³/mol. The molecule has 11 heavy (non-hydrogen) atoms. The number of aryl methyl sites for hydroxylation is 1. The zero-order chi connectivity index (χ0) is 7.68. The van der Waals surface area contributed by atoms with Crippen LogP contribution in [0.25, 0.3) is 0 Å². The van der Waals surface area contributed by atoms with E-state index >= 15 is 0 Å². The summed E-state index contributed by atoms with van der Waals surface area (Å²) in [6, 6.07) is 1.94. The third-order valence-electron chi connectivity index (χ3n) is 1.50. The number of carbonyl (C=O) groups excluding carboxylic acids is 1. The van der Waals surface area contributed by atoms with Gasteiger partial charge in [0.25, 0.3) is 6.47 Å². The van der Waals surface area contributed by atoms with Gasteiger partial charge in [-0.3, -0.25) is 4.79 Å². The Labute approximate surface area is 72.6 Å². The van der Waals surface area contributed by atoms with E-state index in [-0.39, 0.29) is 0 Å². The predicted octanol–water partition coefficient (Wildman–Crippen LogP) is 1.93. The van der Waals surface area contributed by atoms with Gasteiger partial charge in [-0.2, -0.15) is 0 Å². The van der Waals surface area contributed by atoms with Crippen molar-refractivity contribution in [1.82, 2.24) is 0 Å². The van der Waals surface area contributed by atoms with Gasteiger partial charge >= 0.3 is 0 Å². The van der Waals surface area contributed by atoms with Gasteiger partial charge < -0.3 is 4.74 Å². The molecule has 0 radical (unpaired) electrons. The lowest BCUT2D eigenvalue weighted by molar-refractivity contribution is -0.120. The smallest absolute Gasteiger partial charge is 0.299 e. The van der Waals surface area contributed by atoms with E-state index in [0.717, 1.165) is 11.5 Å². The van der Waals surface area contributed by atoms with Crippen LogP contribution < -0.4 is 4.74 Å². The van der Waals surface area contributed by atoms with Crippen molar-refractivity contribution in [1.29, 1.82) is 0 Å². The molecule has 0 aromatic carbocycles. The molecule has 0 aliphatic carbocycles. The summed E-state index contributed by atoms with van der Waals surface area (Å²) in [7, 11) is 0. The van der Waals surface area contributed by atoms with E-state index in [4.69, 9.17) is 4.74 Å². The topological polar surface area (TPSA) is 26.3 Å². The maximum Gasteiger partial charge on any atom is 0.299 e. The lowest BCUT2D eigenvalue weighted by atomic mass is 10.4. The Morgan fingerprint density at radius 3 is 3.27 bits per heavy atom.